The topological polar surface area (TPSA) is 75.7 Å². The van der Waals surface area contributed by atoms with Crippen LogP contribution in [0.5, 0.6) is 5.75 Å². The van der Waals surface area contributed by atoms with Crippen molar-refractivity contribution in [3.63, 3.8) is 0 Å². The lowest BCUT2D eigenvalue weighted by Crippen LogP contribution is -2.26. The fourth-order valence-electron chi connectivity index (χ4n) is 2.76. The van der Waals surface area contributed by atoms with E-state index < -0.39 is 10.0 Å². The number of ether oxygens (including phenoxy) is 1. The highest BCUT2D eigenvalue weighted by molar-refractivity contribution is 7.92. The molecular weight excluding hydrogens is 424 g/mol. The van der Waals surface area contributed by atoms with Crippen LogP contribution in [0.1, 0.15) is 15.9 Å². The van der Waals surface area contributed by atoms with Gasteiger partial charge in [0, 0.05) is 23.3 Å². The Balaban J connectivity index is 1.84. The third-order valence-corrected chi connectivity index (χ3v) is 6.83. The van der Waals surface area contributed by atoms with Gasteiger partial charge in [0.2, 0.25) is 0 Å². The number of methoxy groups -OCH3 is 1. The molecule has 30 heavy (non-hydrogen) atoms. The summed E-state index contributed by atoms with van der Waals surface area (Å²) in [6, 6.07) is 17.7. The molecule has 0 fully saturated rings. The van der Waals surface area contributed by atoms with Crippen LogP contribution >= 0.6 is 11.6 Å². The average Bonchev–Trinajstić information content (AvgIpc) is 2.75. The molecule has 0 saturated heterocycles. The average molecular weight is 445 g/mol. The third kappa shape index (κ3) is 4.58. The summed E-state index contributed by atoms with van der Waals surface area (Å²) in [5.74, 6) is 0.193. The van der Waals surface area contributed by atoms with E-state index in [0.29, 0.717) is 27.7 Å². The number of benzene rings is 3. The number of rotatable bonds is 6. The Bertz CT molecular complexity index is 1180. The van der Waals surface area contributed by atoms with Crippen molar-refractivity contribution in [1.82, 2.24) is 0 Å². The first kappa shape index (κ1) is 21.7. The molecule has 1 N–H and O–H groups in total. The van der Waals surface area contributed by atoms with Gasteiger partial charge in [0.05, 0.1) is 17.7 Å². The first-order valence-electron chi connectivity index (χ1n) is 9.03. The van der Waals surface area contributed by atoms with E-state index in [1.807, 2.05) is 13.0 Å². The van der Waals surface area contributed by atoms with Crippen molar-refractivity contribution in [2.45, 2.75) is 11.8 Å². The first-order chi connectivity index (χ1) is 14.2. The number of anilines is 2. The molecular formula is C22H21ClN2O4S. The van der Waals surface area contributed by atoms with Crippen LogP contribution in [0.2, 0.25) is 5.02 Å². The largest absolute Gasteiger partial charge is 0.497 e. The van der Waals surface area contributed by atoms with Crippen molar-refractivity contribution in [2.75, 3.05) is 23.8 Å². The fraction of sp³-hybridized carbons (Fsp3) is 0.136. The van der Waals surface area contributed by atoms with Gasteiger partial charge in [-0.2, -0.15) is 0 Å². The molecule has 3 rings (SSSR count). The minimum absolute atomic E-state index is 0.120. The number of nitrogens with zero attached hydrogens (tertiary/aromatic N) is 1. The van der Waals surface area contributed by atoms with Crippen LogP contribution < -0.4 is 14.4 Å². The first-order valence-corrected chi connectivity index (χ1v) is 10.8. The van der Waals surface area contributed by atoms with Gasteiger partial charge < -0.3 is 10.1 Å². The van der Waals surface area contributed by atoms with E-state index in [0.717, 1.165) is 9.87 Å². The quantitative estimate of drug-likeness (QED) is 0.596. The van der Waals surface area contributed by atoms with E-state index in [9.17, 15) is 13.2 Å². The summed E-state index contributed by atoms with van der Waals surface area (Å²) in [6.45, 7) is 1.87. The lowest BCUT2D eigenvalue weighted by atomic mass is 10.1. The van der Waals surface area contributed by atoms with E-state index in [1.165, 1.54) is 32.4 Å². The van der Waals surface area contributed by atoms with E-state index in [-0.39, 0.29) is 10.8 Å². The molecule has 8 heteroatoms. The van der Waals surface area contributed by atoms with Crippen molar-refractivity contribution in [1.29, 1.82) is 0 Å². The molecule has 0 atom stereocenters. The molecule has 0 bridgehead atoms. The molecule has 0 spiro atoms. The molecule has 156 valence electrons. The van der Waals surface area contributed by atoms with Crippen LogP contribution in [0, 0.1) is 6.92 Å². The molecule has 1 amide bonds. The maximum Gasteiger partial charge on any atom is 0.264 e. The second kappa shape index (κ2) is 8.77. The Morgan fingerprint density at radius 1 is 1.03 bits per heavy atom. The van der Waals surface area contributed by atoms with E-state index >= 15 is 0 Å². The van der Waals surface area contributed by atoms with Crippen molar-refractivity contribution < 1.29 is 17.9 Å². The Hall–Kier alpha value is -3.03. The second-order valence-corrected chi connectivity index (χ2v) is 8.99. The van der Waals surface area contributed by atoms with Crippen molar-refractivity contribution in [3.05, 3.63) is 82.9 Å². The summed E-state index contributed by atoms with van der Waals surface area (Å²) in [5.41, 5.74) is 2.14. The van der Waals surface area contributed by atoms with E-state index in [2.05, 4.69) is 5.32 Å². The molecule has 0 aliphatic heterocycles. The number of hydrogen-bond donors (Lipinski definition) is 1. The molecule has 3 aromatic rings. The van der Waals surface area contributed by atoms with Gasteiger partial charge >= 0.3 is 0 Å². The van der Waals surface area contributed by atoms with Crippen LogP contribution in [-0.4, -0.2) is 28.5 Å². The molecule has 6 nitrogen and oxygen atoms in total. The monoisotopic (exact) mass is 444 g/mol. The van der Waals surface area contributed by atoms with Gasteiger partial charge in [0.1, 0.15) is 5.75 Å². The summed E-state index contributed by atoms with van der Waals surface area (Å²) in [5, 5.41) is 3.32. The summed E-state index contributed by atoms with van der Waals surface area (Å²) in [6.07, 6.45) is 0. The Kier molecular flexibility index (Phi) is 6.34. The summed E-state index contributed by atoms with van der Waals surface area (Å²) < 4.78 is 32.1. The molecule has 0 aromatic heterocycles. The number of aryl methyl sites for hydroxylation is 1. The number of hydrogen-bond acceptors (Lipinski definition) is 4. The fourth-order valence-corrected chi connectivity index (χ4v) is 4.13. The third-order valence-electron chi connectivity index (χ3n) is 4.62. The van der Waals surface area contributed by atoms with Gasteiger partial charge in [-0.1, -0.05) is 23.7 Å². The highest BCUT2D eigenvalue weighted by Crippen LogP contribution is 2.25. The minimum atomic E-state index is -3.80. The molecule has 0 saturated carbocycles. The van der Waals surface area contributed by atoms with Crippen molar-refractivity contribution >= 4 is 38.9 Å². The van der Waals surface area contributed by atoms with E-state index in [4.69, 9.17) is 16.3 Å². The van der Waals surface area contributed by atoms with Gasteiger partial charge in [0.15, 0.2) is 0 Å². The van der Waals surface area contributed by atoms with Crippen LogP contribution in [0.15, 0.2) is 71.6 Å². The second-order valence-electron chi connectivity index (χ2n) is 6.62. The van der Waals surface area contributed by atoms with Crippen LogP contribution in [0.25, 0.3) is 0 Å². The van der Waals surface area contributed by atoms with Crippen LogP contribution in [0.3, 0.4) is 0 Å². The predicted molar refractivity (Wildman–Crippen MR) is 119 cm³/mol. The van der Waals surface area contributed by atoms with Gasteiger partial charge in [-0.15, -0.1) is 0 Å². The highest BCUT2D eigenvalue weighted by Gasteiger charge is 2.22. The number of halogens is 1. The number of carbonyl (C=O) groups excluding carboxylic acids is 1. The van der Waals surface area contributed by atoms with E-state index in [1.54, 1.807) is 42.5 Å². The lowest BCUT2D eigenvalue weighted by molar-refractivity contribution is 0.102. The Morgan fingerprint density at radius 2 is 1.73 bits per heavy atom. The lowest BCUT2D eigenvalue weighted by Gasteiger charge is -2.20. The molecule has 0 unspecified atom stereocenters. The molecule has 0 aliphatic carbocycles. The smallest absolute Gasteiger partial charge is 0.264 e. The van der Waals surface area contributed by atoms with Crippen LogP contribution in [0.4, 0.5) is 11.4 Å². The maximum atomic E-state index is 12.9. The Morgan fingerprint density at radius 3 is 2.37 bits per heavy atom. The zero-order chi connectivity index (χ0) is 21.9. The van der Waals surface area contributed by atoms with Crippen LogP contribution in [-0.2, 0) is 10.0 Å². The Labute approximate surface area is 181 Å². The summed E-state index contributed by atoms with van der Waals surface area (Å²) >= 11 is 6.10. The number of nitrogens with one attached hydrogen (secondary N) is 1. The van der Waals surface area contributed by atoms with Gasteiger partial charge in [0.25, 0.3) is 15.9 Å². The standard InChI is InChI=1S/C22H21ClN2O4S/c1-15-7-8-17(14-21(15)23)24-22(26)16-5-4-6-18(13-16)25(2)30(27,28)20-11-9-19(29-3)10-12-20/h4-14H,1-3H3,(H,24,26). The maximum absolute atomic E-state index is 12.9. The molecule has 0 radical (unpaired) electrons. The summed E-state index contributed by atoms with van der Waals surface area (Å²) in [4.78, 5) is 12.8. The van der Waals surface area contributed by atoms with Gasteiger partial charge in [-0.3, -0.25) is 9.10 Å². The van der Waals surface area contributed by atoms with Crippen molar-refractivity contribution in [3.8, 4) is 5.75 Å². The number of carbonyl (C=O) groups is 1. The highest BCUT2D eigenvalue weighted by atomic mass is 35.5. The normalized spacial score (nSPS) is 11.1. The number of amides is 1. The SMILES string of the molecule is COc1ccc(S(=O)(=O)N(C)c2cccc(C(=O)Nc3ccc(C)c(Cl)c3)c2)cc1. The number of sulfonamides is 1. The molecule has 3 aromatic carbocycles. The zero-order valence-corrected chi connectivity index (χ0v) is 18.3. The molecule has 0 heterocycles. The molecule has 0 aliphatic rings. The van der Waals surface area contributed by atoms with Crippen molar-refractivity contribution in [2.24, 2.45) is 0 Å². The zero-order valence-electron chi connectivity index (χ0n) is 16.7. The predicted octanol–water partition coefficient (Wildman–Crippen LogP) is 4.73. The van der Waals surface area contributed by atoms with Gasteiger partial charge in [-0.25, -0.2) is 8.42 Å². The minimum Gasteiger partial charge on any atom is -0.497 e. The van der Waals surface area contributed by atoms with Gasteiger partial charge in [-0.05, 0) is 67.1 Å². The summed E-state index contributed by atoms with van der Waals surface area (Å²) in [7, 11) is -0.849.